The molecule has 0 aromatic carbocycles. The summed E-state index contributed by atoms with van der Waals surface area (Å²) in [6.07, 6.45) is 0.388. The van der Waals surface area contributed by atoms with Crippen LogP contribution in [0.3, 0.4) is 0 Å². The number of aromatic nitrogens is 1. The Hall–Kier alpha value is -1.70. The lowest BCUT2D eigenvalue weighted by atomic mass is 10.2. The first-order valence-corrected chi connectivity index (χ1v) is 8.13. The van der Waals surface area contributed by atoms with Gasteiger partial charge in [-0.05, 0) is 19.9 Å². The first-order valence-electron chi connectivity index (χ1n) is 7.26. The fourth-order valence-electron chi connectivity index (χ4n) is 2.48. The summed E-state index contributed by atoms with van der Waals surface area (Å²) in [5, 5.41) is 8.64. The number of anilines is 1. The molecule has 1 aliphatic heterocycles. The maximum absolute atomic E-state index is 12.0. The van der Waals surface area contributed by atoms with Crippen molar-refractivity contribution < 1.29 is 13.9 Å². The highest BCUT2D eigenvalue weighted by atomic mass is 32.1. The van der Waals surface area contributed by atoms with Gasteiger partial charge in [-0.25, -0.2) is 4.98 Å². The summed E-state index contributed by atoms with van der Waals surface area (Å²) >= 11 is 1.42. The highest BCUT2D eigenvalue weighted by molar-refractivity contribution is 7.14. The molecule has 2 aromatic heterocycles. The van der Waals surface area contributed by atoms with Crippen LogP contribution in [0.5, 0.6) is 0 Å². The third-order valence-electron chi connectivity index (χ3n) is 3.50. The van der Waals surface area contributed by atoms with Gasteiger partial charge in [0.05, 0.1) is 18.9 Å². The molecular formula is C15H19N3O3S. The standard InChI is InChI=1S/C15H19N3O3S/c1-9-5-12(10(2)21-9)13-8-22-15(17-13)18-14(19)6-11-7-20-4-3-16-11/h5,8,11,16H,3-4,6-7H2,1-2H3,(H,17,18,19). The van der Waals surface area contributed by atoms with Gasteiger partial charge in [0.25, 0.3) is 0 Å². The quantitative estimate of drug-likeness (QED) is 0.904. The van der Waals surface area contributed by atoms with E-state index in [2.05, 4.69) is 15.6 Å². The van der Waals surface area contributed by atoms with E-state index in [4.69, 9.17) is 9.15 Å². The molecule has 0 aliphatic carbocycles. The number of aryl methyl sites for hydroxylation is 2. The van der Waals surface area contributed by atoms with Crippen molar-refractivity contribution in [2.24, 2.45) is 0 Å². The number of amides is 1. The van der Waals surface area contributed by atoms with Gasteiger partial charge in [-0.2, -0.15) is 0 Å². The molecule has 3 heterocycles. The summed E-state index contributed by atoms with van der Waals surface area (Å²) in [4.78, 5) is 16.5. The molecule has 0 radical (unpaired) electrons. The summed E-state index contributed by atoms with van der Waals surface area (Å²) in [6.45, 7) is 5.89. The molecule has 1 saturated heterocycles. The topological polar surface area (TPSA) is 76.4 Å². The second-order valence-corrected chi connectivity index (χ2v) is 6.20. The third-order valence-corrected chi connectivity index (χ3v) is 4.26. The van der Waals surface area contributed by atoms with Gasteiger partial charge in [-0.3, -0.25) is 4.79 Å². The molecule has 1 unspecified atom stereocenters. The summed E-state index contributed by atoms with van der Waals surface area (Å²) < 4.78 is 10.9. The van der Waals surface area contributed by atoms with Gasteiger partial charge < -0.3 is 19.8 Å². The van der Waals surface area contributed by atoms with Gasteiger partial charge in [-0.15, -0.1) is 11.3 Å². The van der Waals surface area contributed by atoms with E-state index in [0.717, 1.165) is 29.3 Å². The largest absolute Gasteiger partial charge is 0.466 e. The van der Waals surface area contributed by atoms with E-state index in [1.54, 1.807) is 0 Å². The molecule has 6 nitrogen and oxygen atoms in total. The first kappa shape index (κ1) is 15.2. The average Bonchev–Trinajstić information content (AvgIpc) is 3.06. The van der Waals surface area contributed by atoms with Crippen LogP contribution in [-0.2, 0) is 9.53 Å². The Morgan fingerprint density at radius 2 is 2.41 bits per heavy atom. The summed E-state index contributed by atoms with van der Waals surface area (Å²) in [5.74, 6) is 1.64. The van der Waals surface area contributed by atoms with E-state index in [1.807, 2.05) is 25.3 Å². The van der Waals surface area contributed by atoms with E-state index < -0.39 is 0 Å². The number of carbonyl (C=O) groups is 1. The molecule has 0 spiro atoms. The van der Waals surface area contributed by atoms with Crippen LogP contribution in [0.4, 0.5) is 5.13 Å². The summed E-state index contributed by atoms with van der Waals surface area (Å²) in [5.41, 5.74) is 1.80. The summed E-state index contributed by atoms with van der Waals surface area (Å²) in [7, 11) is 0. The zero-order valence-corrected chi connectivity index (χ0v) is 13.5. The van der Waals surface area contributed by atoms with Crippen molar-refractivity contribution in [1.82, 2.24) is 10.3 Å². The zero-order chi connectivity index (χ0) is 15.5. The fourth-order valence-corrected chi connectivity index (χ4v) is 3.21. The molecule has 3 rings (SSSR count). The lowest BCUT2D eigenvalue weighted by Gasteiger charge is -2.22. The molecule has 1 aliphatic rings. The van der Waals surface area contributed by atoms with E-state index in [9.17, 15) is 4.79 Å². The smallest absolute Gasteiger partial charge is 0.227 e. The van der Waals surface area contributed by atoms with Crippen LogP contribution in [0, 0.1) is 13.8 Å². The van der Waals surface area contributed by atoms with E-state index in [0.29, 0.717) is 24.8 Å². The minimum atomic E-state index is -0.0519. The lowest BCUT2D eigenvalue weighted by Crippen LogP contribution is -2.43. The normalized spacial score (nSPS) is 18.4. The Kier molecular flexibility index (Phi) is 4.56. The predicted molar refractivity (Wildman–Crippen MR) is 85.1 cm³/mol. The van der Waals surface area contributed by atoms with Crippen LogP contribution >= 0.6 is 11.3 Å². The number of rotatable bonds is 4. The number of nitrogens with one attached hydrogen (secondary N) is 2. The van der Waals surface area contributed by atoms with Gasteiger partial charge in [0.2, 0.25) is 5.91 Å². The molecule has 1 amide bonds. The number of carbonyl (C=O) groups excluding carboxylic acids is 1. The molecular weight excluding hydrogens is 302 g/mol. The fraction of sp³-hybridized carbons (Fsp3) is 0.467. The molecule has 118 valence electrons. The molecule has 22 heavy (non-hydrogen) atoms. The molecule has 1 fully saturated rings. The predicted octanol–water partition coefficient (Wildman–Crippen LogP) is 2.34. The van der Waals surface area contributed by atoms with Crippen LogP contribution < -0.4 is 10.6 Å². The number of hydrogen-bond acceptors (Lipinski definition) is 6. The van der Waals surface area contributed by atoms with Crippen LogP contribution in [0.2, 0.25) is 0 Å². The number of furan rings is 1. The number of nitrogens with zero attached hydrogens (tertiary/aromatic N) is 1. The first-order chi connectivity index (χ1) is 10.6. The van der Waals surface area contributed by atoms with E-state index in [1.165, 1.54) is 11.3 Å². The second-order valence-electron chi connectivity index (χ2n) is 5.34. The Balaban J connectivity index is 1.61. The van der Waals surface area contributed by atoms with Crippen LogP contribution in [0.25, 0.3) is 11.3 Å². The molecule has 2 aromatic rings. The second kappa shape index (κ2) is 6.60. The number of hydrogen-bond donors (Lipinski definition) is 2. The zero-order valence-electron chi connectivity index (χ0n) is 12.6. The highest BCUT2D eigenvalue weighted by Crippen LogP contribution is 2.29. The molecule has 0 saturated carbocycles. The Bertz CT molecular complexity index is 659. The van der Waals surface area contributed by atoms with Crippen molar-refractivity contribution in [3.8, 4) is 11.3 Å². The van der Waals surface area contributed by atoms with E-state index in [-0.39, 0.29) is 11.9 Å². The molecule has 7 heteroatoms. The maximum Gasteiger partial charge on any atom is 0.227 e. The average molecular weight is 321 g/mol. The molecule has 0 bridgehead atoms. The van der Waals surface area contributed by atoms with Gasteiger partial charge in [0.15, 0.2) is 5.13 Å². The Labute approximate surface area is 132 Å². The van der Waals surface area contributed by atoms with Gasteiger partial charge >= 0.3 is 0 Å². The third kappa shape index (κ3) is 3.55. The number of thiazole rings is 1. The minimum Gasteiger partial charge on any atom is -0.466 e. The van der Waals surface area contributed by atoms with Crippen molar-refractivity contribution >= 4 is 22.4 Å². The Morgan fingerprint density at radius 1 is 1.55 bits per heavy atom. The van der Waals surface area contributed by atoms with Crippen LogP contribution in [0.15, 0.2) is 15.9 Å². The number of ether oxygens (including phenoxy) is 1. The SMILES string of the molecule is Cc1cc(-c2csc(NC(=O)CC3COCCN3)n2)c(C)o1. The molecule has 2 N–H and O–H groups in total. The van der Waals surface area contributed by atoms with Crippen LogP contribution in [-0.4, -0.2) is 36.7 Å². The van der Waals surface area contributed by atoms with Gasteiger partial charge in [-0.1, -0.05) is 0 Å². The summed E-state index contributed by atoms with van der Waals surface area (Å²) in [6, 6.07) is 2.03. The Morgan fingerprint density at radius 3 is 3.09 bits per heavy atom. The van der Waals surface area contributed by atoms with Crippen molar-refractivity contribution in [2.45, 2.75) is 26.3 Å². The molecule has 1 atom stereocenters. The van der Waals surface area contributed by atoms with Crippen molar-refractivity contribution in [1.29, 1.82) is 0 Å². The lowest BCUT2D eigenvalue weighted by molar-refractivity contribution is -0.117. The van der Waals surface area contributed by atoms with Crippen molar-refractivity contribution in [3.05, 3.63) is 23.0 Å². The van der Waals surface area contributed by atoms with Gasteiger partial charge in [0.1, 0.15) is 11.5 Å². The maximum atomic E-state index is 12.0. The number of morpholine rings is 1. The van der Waals surface area contributed by atoms with Crippen molar-refractivity contribution in [2.75, 3.05) is 25.1 Å². The minimum absolute atomic E-state index is 0.0519. The van der Waals surface area contributed by atoms with Crippen LogP contribution in [0.1, 0.15) is 17.9 Å². The van der Waals surface area contributed by atoms with E-state index >= 15 is 0 Å². The highest BCUT2D eigenvalue weighted by Gasteiger charge is 2.18. The van der Waals surface area contributed by atoms with Crippen molar-refractivity contribution in [3.63, 3.8) is 0 Å². The monoisotopic (exact) mass is 321 g/mol. The van der Waals surface area contributed by atoms with Gasteiger partial charge in [0, 0.05) is 30.0 Å².